The van der Waals surface area contributed by atoms with Crippen molar-refractivity contribution in [3.8, 4) is 0 Å². The zero-order valence-electron chi connectivity index (χ0n) is 25.3. The molecule has 1 aliphatic carbocycles. The minimum atomic E-state index is -0.631. The second kappa shape index (κ2) is 18.1. The molecular formula is C36H48N2O5. The number of hydrogen-bond donors (Lipinski definition) is 3. The first-order valence-corrected chi connectivity index (χ1v) is 15.6. The Hall–Kier alpha value is -3.71. The summed E-state index contributed by atoms with van der Waals surface area (Å²) in [6.07, 6.45) is 10.6. The van der Waals surface area contributed by atoms with Gasteiger partial charge in [0.1, 0.15) is 6.61 Å². The van der Waals surface area contributed by atoms with Gasteiger partial charge in [0.25, 0.3) is 0 Å². The van der Waals surface area contributed by atoms with Crippen molar-refractivity contribution < 1.29 is 24.2 Å². The first-order chi connectivity index (χ1) is 20.9. The van der Waals surface area contributed by atoms with E-state index in [1.54, 1.807) is 6.08 Å². The fourth-order valence-electron chi connectivity index (χ4n) is 5.81. The molecule has 0 aromatic heterocycles. The number of hydrogen-bond acceptors (Lipinski definition) is 5. The van der Waals surface area contributed by atoms with Crippen molar-refractivity contribution in [2.75, 3.05) is 13.2 Å². The van der Waals surface area contributed by atoms with Crippen LogP contribution in [0, 0.1) is 11.8 Å². The summed E-state index contributed by atoms with van der Waals surface area (Å²) in [6.45, 7) is 7.49. The SMILES string of the molecule is C=CCCC[C@H](Cc1ccccc1)C(=O)OC[C@H](Cc1ccccc1)NC(=O)[C@H](CC=C)CC(=O)NC1(CO)CCCC1. The molecule has 1 aliphatic rings. The minimum absolute atomic E-state index is 0.0140. The van der Waals surface area contributed by atoms with Crippen molar-refractivity contribution >= 4 is 17.8 Å². The Balaban J connectivity index is 1.68. The van der Waals surface area contributed by atoms with Gasteiger partial charge in [0.15, 0.2) is 0 Å². The van der Waals surface area contributed by atoms with E-state index < -0.39 is 17.5 Å². The summed E-state index contributed by atoms with van der Waals surface area (Å²) in [5.41, 5.74) is 1.47. The largest absolute Gasteiger partial charge is 0.463 e. The molecule has 0 heterocycles. The third-order valence-corrected chi connectivity index (χ3v) is 8.24. The van der Waals surface area contributed by atoms with Crippen LogP contribution in [0.3, 0.4) is 0 Å². The number of amides is 2. The Labute approximate surface area is 256 Å². The number of carbonyl (C=O) groups excluding carboxylic acids is 3. The molecule has 2 aromatic carbocycles. The summed E-state index contributed by atoms with van der Waals surface area (Å²) in [6, 6.07) is 19.2. The van der Waals surface area contributed by atoms with E-state index in [1.165, 1.54) is 0 Å². The Morgan fingerprint density at radius 1 is 0.907 bits per heavy atom. The van der Waals surface area contributed by atoms with Crippen LogP contribution in [0.25, 0.3) is 0 Å². The van der Waals surface area contributed by atoms with Gasteiger partial charge in [-0.05, 0) is 62.5 Å². The Bertz CT molecular complexity index is 1160. The van der Waals surface area contributed by atoms with E-state index in [1.807, 2.05) is 66.7 Å². The molecule has 0 unspecified atom stereocenters. The van der Waals surface area contributed by atoms with Crippen LogP contribution in [-0.4, -0.2) is 47.7 Å². The number of ether oxygens (including phenoxy) is 1. The van der Waals surface area contributed by atoms with Crippen molar-refractivity contribution in [1.82, 2.24) is 10.6 Å². The third kappa shape index (κ3) is 11.5. The van der Waals surface area contributed by atoms with E-state index >= 15 is 0 Å². The average molecular weight is 589 g/mol. The van der Waals surface area contributed by atoms with Crippen LogP contribution < -0.4 is 10.6 Å². The number of unbranched alkanes of at least 4 members (excludes halogenated alkanes) is 1. The molecule has 1 saturated carbocycles. The zero-order chi connectivity index (χ0) is 30.9. The molecule has 0 spiro atoms. The fraction of sp³-hybridized carbons (Fsp3) is 0.472. The van der Waals surface area contributed by atoms with E-state index in [-0.39, 0.29) is 43.3 Å². The smallest absolute Gasteiger partial charge is 0.309 e. The van der Waals surface area contributed by atoms with Crippen molar-refractivity contribution in [3.63, 3.8) is 0 Å². The molecule has 232 valence electrons. The number of aliphatic hydroxyl groups excluding tert-OH is 1. The molecule has 2 aromatic rings. The summed E-state index contributed by atoms with van der Waals surface area (Å²) in [4.78, 5) is 39.8. The molecule has 3 rings (SSSR count). The molecule has 7 nitrogen and oxygen atoms in total. The maximum absolute atomic E-state index is 13.5. The quantitative estimate of drug-likeness (QED) is 0.115. The maximum Gasteiger partial charge on any atom is 0.309 e. The first-order valence-electron chi connectivity index (χ1n) is 15.6. The van der Waals surface area contributed by atoms with Crippen LogP contribution in [-0.2, 0) is 32.0 Å². The highest BCUT2D eigenvalue weighted by atomic mass is 16.5. The monoisotopic (exact) mass is 588 g/mol. The second-order valence-electron chi connectivity index (χ2n) is 11.8. The van der Waals surface area contributed by atoms with Gasteiger partial charge in [-0.2, -0.15) is 0 Å². The summed E-state index contributed by atoms with van der Waals surface area (Å²) in [5.74, 6) is -1.76. The van der Waals surface area contributed by atoms with Crippen molar-refractivity contribution in [2.45, 2.75) is 82.2 Å². The van der Waals surface area contributed by atoms with Crippen LogP contribution in [0.2, 0.25) is 0 Å². The van der Waals surface area contributed by atoms with Gasteiger partial charge in [-0.25, -0.2) is 0 Å². The molecule has 3 atom stereocenters. The molecule has 1 fully saturated rings. The predicted octanol–water partition coefficient (Wildman–Crippen LogP) is 5.48. The van der Waals surface area contributed by atoms with Crippen molar-refractivity contribution in [1.29, 1.82) is 0 Å². The normalized spacial score (nSPS) is 15.9. The predicted molar refractivity (Wildman–Crippen MR) is 170 cm³/mol. The van der Waals surface area contributed by atoms with Crippen LogP contribution >= 0.6 is 0 Å². The number of aliphatic hydroxyl groups is 1. The van der Waals surface area contributed by atoms with Crippen LogP contribution in [0.15, 0.2) is 86.0 Å². The van der Waals surface area contributed by atoms with Gasteiger partial charge in [0, 0.05) is 6.42 Å². The molecule has 0 bridgehead atoms. The van der Waals surface area contributed by atoms with E-state index in [9.17, 15) is 19.5 Å². The number of allylic oxidation sites excluding steroid dienone is 2. The van der Waals surface area contributed by atoms with Gasteiger partial charge < -0.3 is 20.5 Å². The lowest BCUT2D eigenvalue weighted by molar-refractivity contribution is -0.150. The van der Waals surface area contributed by atoms with E-state index in [0.29, 0.717) is 25.7 Å². The van der Waals surface area contributed by atoms with Crippen LogP contribution in [0.4, 0.5) is 0 Å². The van der Waals surface area contributed by atoms with E-state index in [4.69, 9.17) is 4.74 Å². The highest BCUT2D eigenvalue weighted by molar-refractivity contribution is 5.86. The highest BCUT2D eigenvalue weighted by Crippen LogP contribution is 2.29. The van der Waals surface area contributed by atoms with Gasteiger partial charge in [-0.1, -0.05) is 85.7 Å². The number of esters is 1. The topological polar surface area (TPSA) is 105 Å². The summed E-state index contributed by atoms with van der Waals surface area (Å²) >= 11 is 0. The highest BCUT2D eigenvalue weighted by Gasteiger charge is 2.35. The molecule has 3 N–H and O–H groups in total. The molecule has 0 radical (unpaired) electrons. The van der Waals surface area contributed by atoms with Gasteiger partial charge in [0.05, 0.1) is 30.0 Å². The molecule has 7 heteroatoms. The number of benzene rings is 2. The second-order valence-corrected chi connectivity index (χ2v) is 11.8. The molecular weight excluding hydrogens is 540 g/mol. The number of carbonyl (C=O) groups is 3. The molecule has 0 saturated heterocycles. The Morgan fingerprint density at radius 2 is 1.53 bits per heavy atom. The third-order valence-electron chi connectivity index (χ3n) is 8.24. The lowest BCUT2D eigenvalue weighted by Crippen LogP contribution is -2.50. The van der Waals surface area contributed by atoms with E-state index in [0.717, 1.165) is 49.7 Å². The number of rotatable bonds is 19. The Kier molecular flexibility index (Phi) is 14.2. The van der Waals surface area contributed by atoms with Gasteiger partial charge in [-0.15, -0.1) is 13.2 Å². The van der Waals surface area contributed by atoms with Gasteiger partial charge in [-0.3, -0.25) is 14.4 Å². The van der Waals surface area contributed by atoms with Crippen LogP contribution in [0.1, 0.15) is 68.9 Å². The summed E-state index contributed by atoms with van der Waals surface area (Å²) < 4.78 is 5.87. The average Bonchev–Trinajstić information content (AvgIpc) is 3.48. The zero-order valence-corrected chi connectivity index (χ0v) is 25.3. The van der Waals surface area contributed by atoms with Crippen LogP contribution in [0.5, 0.6) is 0 Å². The van der Waals surface area contributed by atoms with Crippen molar-refractivity contribution in [3.05, 3.63) is 97.1 Å². The first kappa shape index (κ1) is 33.8. The molecule has 43 heavy (non-hydrogen) atoms. The van der Waals surface area contributed by atoms with Gasteiger partial charge in [0.2, 0.25) is 11.8 Å². The maximum atomic E-state index is 13.5. The summed E-state index contributed by atoms with van der Waals surface area (Å²) in [7, 11) is 0. The Morgan fingerprint density at radius 3 is 2.12 bits per heavy atom. The lowest BCUT2D eigenvalue weighted by atomic mass is 9.94. The van der Waals surface area contributed by atoms with Gasteiger partial charge >= 0.3 is 5.97 Å². The lowest BCUT2D eigenvalue weighted by Gasteiger charge is -2.29. The van der Waals surface area contributed by atoms with Crippen molar-refractivity contribution in [2.24, 2.45) is 11.8 Å². The molecule has 2 amide bonds. The van der Waals surface area contributed by atoms with E-state index in [2.05, 4.69) is 23.8 Å². The minimum Gasteiger partial charge on any atom is -0.463 e. The molecule has 0 aliphatic heterocycles. The number of nitrogens with one attached hydrogen (secondary N) is 2. The standard InChI is InChI=1S/C36H48N2O5/c1-3-5-8-20-31(23-28-16-9-6-10-17-28)35(42)43-26-32(24-29-18-11-7-12-19-29)37-34(41)30(15-4-2)25-33(40)38-36(27-39)21-13-14-22-36/h3-4,6-7,9-12,16-19,30-32,39H,1-2,5,8,13-15,20-27H2,(H,37,41)(H,38,40)/t30-,31-,32+/m1/s1. The summed E-state index contributed by atoms with van der Waals surface area (Å²) in [5, 5.41) is 16.0. The fourth-order valence-corrected chi connectivity index (χ4v) is 5.81.